The Morgan fingerprint density at radius 1 is 1.73 bits per heavy atom. The first-order valence-electron chi connectivity index (χ1n) is 2.77. The van der Waals surface area contributed by atoms with Gasteiger partial charge in [-0.05, 0) is 12.2 Å². The summed E-state index contributed by atoms with van der Waals surface area (Å²) in [5.74, 6) is 1.47. The monoisotopic (exact) mass is 168 g/mol. The Labute approximate surface area is 66.8 Å². The number of aromatic nitrogens is 2. The van der Waals surface area contributed by atoms with Crippen LogP contribution in [0, 0.1) is 4.77 Å². The number of H-pyrrole nitrogens is 1. The molecular formula is C6H4N2O2S. The summed E-state index contributed by atoms with van der Waals surface area (Å²) in [6.45, 7) is 0. The van der Waals surface area contributed by atoms with Crippen molar-refractivity contribution in [3.63, 3.8) is 0 Å². The molecule has 0 unspecified atom stereocenters. The third-order valence-electron chi connectivity index (χ3n) is 1.07. The maximum absolute atomic E-state index is 10.9. The van der Waals surface area contributed by atoms with Crippen LogP contribution in [0.2, 0.25) is 0 Å². The summed E-state index contributed by atoms with van der Waals surface area (Å²) in [6, 6.07) is 1.27. The van der Waals surface area contributed by atoms with Gasteiger partial charge in [0.25, 0.3) is 5.56 Å². The molecule has 56 valence electrons. The summed E-state index contributed by atoms with van der Waals surface area (Å²) >= 11 is 4.70. The van der Waals surface area contributed by atoms with E-state index in [0.717, 1.165) is 10.8 Å². The van der Waals surface area contributed by atoms with Gasteiger partial charge in [0.05, 0.1) is 6.20 Å². The van der Waals surface area contributed by atoms with E-state index < -0.39 is 0 Å². The van der Waals surface area contributed by atoms with Gasteiger partial charge < -0.3 is 4.98 Å². The first-order chi connectivity index (χ1) is 5.25. The van der Waals surface area contributed by atoms with Gasteiger partial charge >= 0.3 is 0 Å². The molecule has 11 heavy (non-hydrogen) atoms. The van der Waals surface area contributed by atoms with Crippen LogP contribution in [0.1, 0.15) is 0 Å². The van der Waals surface area contributed by atoms with Crippen molar-refractivity contribution in [3.05, 3.63) is 27.4 Å². The lowest BCUT2D eigenvalue weighted by Gasteiger charge is -1.92. The predicted molar refractivity (Wildman–Crippen MR) is 42.3 cm³/mol. The van der Waals surface area contributed by atoms with Crippen molar-refractivity contribution in [2.75, 3.05) is 0 Å². The van der Waals surface area contributed by atoms with Gasteiger partial charge in [0, 0.05) is 12.3 Å². The minimum Gasteiger partial charge on any atom is -0.338 e. The van der Waals surface area contributed by atoms with Crippen LogP contribution in [0.4, 0.5) is 0 Å². The maximum Gasteiger partial charge on any atom is 0.258 e. The second-order valence-electron chi connectivity index (χ2n) is 1.74. The largest absolute Gasteiger partial charge is 0.338 e. The van der Waals surface area contributed by atoms with Crippen LogP contribution in [0.5, 0.6) is 0 Å². The van der Waals surface area contributed by atoms with Crippen molar-refractivity contribution < 1.29 is 4.79 Å². The van der Waals surface area contributed by atoms with E-state index in [1.165, 1.54) is 18.2 Å². The average Bonchev–Trinajstić information content (AvgIpc) is 1.97. The Morgan fingerprint density at radius 3 is 3.00 bits per heavy atom. The van der Waals surface area contributed by atoms with Gasteiger partial charge in [-0.1, -0.05) is 0 Å². The van der Waals surface area contributed by atoms with Crippen molar-refractivity contribution in [1.29, 1.82) is 0 Å². The molecule has 1 aromatic rings. The zero-order valence-electron chi connectivity index (χ0n) is 5.40. The fourth-order valence-corrected chi connectivity index (χ4v) is 0.820. The van der Waals surface area contributed by atoms with Crippen molar-refractivity contribution in [1.82, 2.24) is 9.55 Å². The number of hydrogen-bond donors (Lipinski definition) is 1. The molecule has 0 amide bonds. The summed E-state index contributed by atoms with van der Waals surface area (Å²) < 4.78 is 1.18. The molecule has 0 saturated carbocycles. The summed E-state index contributed by atoms with van der Waals surface area (Å²) in [7, 11) is 0. The highest BCUT2D eigenvalue weighted by Crippen LogP contribution is 1.80. The highest BCUT2D eigenvalue weighted by Gasteiger charge is 1.90. The molecule has 0 bridgehead atoms. The van der Waals surface area contributed by atoms with E-state index in [1.807, 2.05) is 0 Å². The fourth-order valence-electron chi connectivity index (χ4n) is 0.609. The lowest BCUT2D eigenvalue weighted by atomic mass is 10.6. The highest BCUT2D eigenvalue weighted by molar-refractivity contribution is 7.71. The van der Waals surface area contributed by atoms with Crippen molar-refractivity contribution >= 4 is 24.4 Å². The number of carbonyl (C=O) groups excluding carboxylic acids is 1. The molecule has 1 rings (SSSR count). The first kappa shape index (κ1) is 7.65. The van der Waals surface area contributed by atoms with Gasteiger partial charge in [-0.2, -0.15) is 0 Å². The van der Waals surface area contributed by atoms with E-state index in [9.17, 15) is 9.59 Å². The SMILES string of the molecule is O=C=Cn1c(=O)cc[nH]c1=S. The van der Waals surface area contributed by atoms with Crippen LogP contribution in [0.3, 0.4) is 0 Å². The van der Waals surface area contributed by atoms with Crippen LogP contribution in [-0.4, -0.2) is 15.5 Å². The Hall–Kier alpha value is -1.45. The molecule has 0 fully saturated rings. The molecule has 0 aliphatic carbocycles. The van der Waals surface area contributed by atoms with E-state index in [2.05, 4.69) is 4.98 Å². The summed E-state index contributed by atoms with van der Waals surface area (Å²) in [5, 5.41) is 0. The lowest BCUT2D eigenvalue weighted by Crippen LogP contribution is -2.15. The summed E-state index contributed by atoms with van der Waals surface area (Å²) in [5.41, 5.74) is -0.350. The number of aromatic amines is 1. The van der Waals surface area contributed by atoms with Gasteiger partial charge in [-0.25, -0.2) is 9.36 Å². The smallest absolute Gasteiger partial charge is 0.258 e. The van der Waals surface area contributed by atoms with Crippen LogP contribution in [0.15, 0.2) is 17.1 Å². The van der Waals surface area contributed by atoms with E-state index in [0.29, 0.717) is 0 Å². The molecule has 4 nitrogen and oxygen atoms in total. The van der Waals surface area contributed by atoms with E-state index in [-0.39, 0.29) is 10.3 Å². The zero-order valence-corrected chi connectivity index (χ0v) is 6.22. The Balaban J connectivity index is 3.57. The van der Waals surface area contributed by atoms with Gasteiger partial charge in [-0.15, -0.1) is 0 Å². The molecule has 1 N–H and O–H groups in total. The standard InChI is InChI=1S/C6H4N2O2S/c9-4-3-8-5(10)1-2-7-6(8)11/h1-3H,(H,7,11). The first-order valence-corrected chi connectivity index (χ1v) is 3.18. The molecular weight excluding hydrogens is 164 g/mol. The zero-order chi connectivity index (χ0) is 8.27. The molecule has 0 atom stereocenters. The van der Waals surface area contributed by atoms with Crippen LogP contribution >= 0.6 is 12.2 Å². The normalized spacial score (nSPS) is 8.73. The molecule has 0 saturated heterocycles. The van der Waals surface area contributed by atoms with Gasteiger partial charge in [0.1, 0.15) is 5.94 Å². The third kappa shape index (κ3) is 1.52. The minimum absolute atomic E-state index is 0.181. The van der Waals surface area contributed by atoms with Crippen molar-refractivity contribution in [3.8, 4) is 0 Å². The van der Waals surface area contributed by atoms with Crippen molar-refractivity contribution in [2.45, 2.75) is 0 Å². The van der Waals surface area contributed by atoms with Crippen LogP contribution in [-0.2, 0) is 4.79 Å². The number of nitrogens with one attached hydrogen (secondary N) is 1. The molecule has 0 spiro atoms. The molecule has 0 radical (unpaired) electrons. The molecule has 5 heteroatoms. The number of nitrogens with zero attached hydrogens (tertiary/aromatic N) is 1. The average molecular weight is 168 g/mol. The van der Waals surface area contributed by atoms with Crippen LogP contribution < -0.4 is 5.56 Å². The number of rotatable bonds is 1. The number of hydrogen-bond acceptors (Lipinski definition) is 3. The van der Waals surface area contributed by atoms with E-state index >= 15 is 0 Å². The van der Waals surface area contributed by atoms with Crippen LogP contribution in [0.25, 0.3) is 6.20 Å². The molecule has 0 aromatic carbocycles. The lowest BCUT2D eigenvalue weighted by molar-refractivity contribution is 0.569. The third-order valence-corrected chi connectivity index (χ3v) is 1.39. The van der Waals surface area contributed by atoms with E-state index in [4.69, 9.17) is 12.2 Å². The summed E-state index contributed by atoms with van der Waals surface area (Å²) in [4.78, 5) is 23.4. The predicted octanol–water partition coefficient (Wildman–Crippen LogP) is 0.208. The molecule has 0 aliphatic heterocycles. The fraction of sp³-hybridized carbons (Fsp3) is 0. The molecule has 0 aliphatic rings. The van der Waals surface area contributed by atoms with E-state index in [1.54, 1.807) is 0 Å². The van der Waals surface area contributed by atoms with Crippen molar-refractivity contribution in [2.24, 2.45) is 0 Å². The van der Waals surface area contributed by atoms with Gasteiger partial charge in [0.15, 0.2) is 4.77 Å². The molecule has 1 heterocycles. The second-order valence-corrected chi connectivity index (χ2v) is 2.12. The minimum atomic E-state index is -0.350. The highest BCUT2D eigenvalue weighted by atomic mass is 32.1. The Morgan fingerprint density at radius 2 is 2.45 bits per heavy atom. The Bertz CT molecular complexity index is 383. The maximum atomic E-state index is 10.9. The quantitative estimate of drug-likeness (QED) is 0.481. The molecule has 1 aromatic heterocycles. The Kier molecular flexibility index (Phi) is 2.15. The topological polar surface area (TPSA) is 54.9 Å². The van der Waals surface area contributed by atoms with Gasteiger partial charge in [0.2, 0.25) is 0 Å². The van der Waals surface area contributed by atoms with Gasteiger partial charge in [-0.3, -0.25) is 4.79 Å². The summed E-state index contributed by atoms with van der Waals surface area (Å²) in [6.07, 6.45) is 2.36. The second kappa shape index (κ2) is 3.09.